The molecule has 0 aromatic carbocycles. The molecule has 1 atom stereocenters. The molecule has 2 aromatic heterocycles. The van der Waals surface area contributed by atoms with Crippen molar-refractivity contribution in [1.29, 1.82) is 0 Å². The van der Waals surface area contributed by atoms with Crippen molar-refractivity contribution < 1.29 is 13.2 Å². The number of aromatic nitrogens is 4. The second kappa shape index (κ2) is 6.54. The Labute approximate surface area is 142 Å². The fourth-order valence-electron chi connectivity index (χ4n) is 2.38. The van der Waals surface area contributed by atoms with Crippen molar-refractivity contribution in [1.82, 2.24) is 23.8 Å². The molecular weight excluding hydrogens is 386 g/mol. The van der Waals surface area contributed by atoms with Crippen LogP contribution < -0.4 is 4.74 Å². The largest absolute Gasteiger partial charge is 0.459 e. The van der Waals surface area contributed by atoms with E-state index in [-0.39, 0.29) is 23.7 Å². The SMILES string of the molecule is Cn1cnc(S(=O)(=O)N2CCCC(Oc3ncc(Br)cn3)C2)c1. The lowest BCUT2D eigenvalue weighted by molar-refractivity contribution is 0.119. The van der Waals surface area contributed by atoms with Gasteiger partial charge in [-0.2, -0.15) is 4.31 Å². The highest BCUT2D eigenvalue weighted by Crippen LogP contribution is 2.21. The quantitative estimate of drug-likeness (QED) is 0.764. The van der Waals surface area contributed by atoms with E-state index in [4.69, 9.17) is 4.74 Å². The first-order chi connectivity index (χ1) is 10.9. The molecule has 0 radical (unpaired) electrons. The summed E-state index contributed by atoms with van der Waals surface area (Å²) in [4.78, 5) is 12.1. The second-order valence-electron chi connectivity index (χ2n) is 5.31. The van der Waals surface area contributed by atoms with Gasteiger partial charge in [0.15, 0.2) is 5.03 Å². The van der Waals surface area contributed by atoms with Crippen LogP contribution in [0.2, 0.25) is 0 Å². The average Bonchev–Trinajstić information content (AvgIpc) is 2.97. The number of hydrogen-bond acceptors (Lipinski definition) is 6. The molecule has 0 saturated carbocycles. The van der Waals surface area contributed by atoms with Crippen LogP contribution in [0.4, 0.5) is 0 Å². The lowest BCUT2D eigenvalue weighted by Gasteiger charge is -2.30. The van der Waals surface area contributed by atoms with Gasteiger partial charge in [0.25, 0.3) is 10.0 Å². The van der Waals surface area contributed by atoms with Crippen molar-refractivity contribution in [2.45, 2.75) is 24.0 Å². The molecule has 0 aliphatic carbocycles. The molecular formula is C13H16BrN5O3S. The number of piperidine rings is 1. The molecule has 10 heteroatoms. The van der Waals surface area contributed by atoms with E-state index in [1.165, 1.54) is 16.8 Å². The molecule has 0 bridgehead atoms. The van der Waals surface area contributed by atoms with Crippen LogP contribution in [0.5, 0.6) is 6.01 Å². The van der Waals surface area contributed by atoms with Gasteiger partial charge in [-0.15, -0.1) is 0 Å². The van der Waals surface area contributed by atoms with E-state index >= 15 is 0 Å². The van der Waals surface area contributed by atoms with E-state index in [1.807, 2.05) is 0 Å². The maximum absolute atomic E-state index is 12.6. The topological polar surface area (TPSA) is 90.2 Å². The van der Waals surface area contributed by atoms with Gasteiger partial charge in [-0.05, 0) is 28.8 Å². The molecule has 0 amide bonds. The van der Waals surface area contributed by atoms with E-state index in [0.717, 1.165) is 10.9 Å². The van der Waals surface area contributed by atoms with Crippen molar-refractivity contribution in [2.24, 2.45) is 7.05 Å². The molecule has 124 valence electrons. The molecule has 0 spiro atoms. The van der Waals surface area contributed by atoms with Gasteiger partial charge in [0, 0.05) is 32.2 Å². The third kappa shape index (κ3) is 3.70. The Morgan fingerprint density at radius 3 is 2.70 bits per heavy atom. The summed E-state index contributed by atoms with van der Waals surface area (Å²) in [6, 6.07) is 0.246. The lowest BCUT2D eigenvalue weighted by atomic mass is 10.1. The molecule has 1 unspecified atom stereocenters. The summed E-state index contributed by atoms with van der Waals surface area (Å²) in [5.41, 5.74) is 0. The minimum absolute atomic E-state index is 0.0561. The smallest absolute Gasteiger partial charge is 0.316 e. The van der Waals surface area contributed by atoms with Gasteiger partial charge in [-0.3, -0.25) is 0 Å². The van der Waals surface area contributed by atoms with Crippen molar-refractivity contribution in [3.63, 3.8) is 0 Å². The average molecular weight is 402 g/mol. The number of nitrogens with zero attached hydrogens (tertiary/aromatic N) is 5. The van der Waals surface area contributed by atoms with E-state index in [2.05, 4.69) is 30.9 Å². The summed E-state index contributed by atoms with van der Waals surface area (Å²) in [6.45, 7) is 0.721. The highest BCUT2D eigenvalue weighted by atomic mass is 79.9. The fourth-order valence-corrected chi connectivity index (χ4v) is 4.07. The van der Waals surface area contributed by atoms with Gasteiger partial charge in [0.1, 0.15) is 6.10 Å². The third-order valence-electron chi connectivity index (χ3n) is 3.49. The van der Waals surface area contributed by atoms with Gasteiger partial charge >= 0.3 is 6.01 Å². The zero-order chi connectivity index (χ0) is 16.4. The third-order valence-corrected chi connectivity index (χ3v) is 5.66. The van der Waals surface area contributed by atoms with Gasteiger partial charge in [-0.1, -0.05) is 0 Å². The van der Waals surface area contributed by atoms with Crippen LogP contribution in [0, 0.1) is 0 Å². The van der Waals surface area contributed by atoms with Crippen molar-refractivity contribution in [3.05, 3.63) is 29.4 Å². The summed E-state index contributed by atoms with van der Waals surface area (Å²) in [6.07, 6.45) is 7.35. The lowest BCUT2D eigenvalue weighted by Crippen LogP contribution is -2.44. The Morgan fingerprint density at radius 1 is 1.30 bits per heavy atom. The fraction of sp³-hybridized carbons (Fsp3) is 0.462. The summed E-state index contributed by atoms with van der Waals surface area (Å²) in [5, 5.41) is 0.0561. The summed E-state index contributed by atoms with van der Waals surface area (Å²) in [7, 11) is -1.86. The van der Waals surface area contributed by atoms with Crippen LogP contribution in [-0.4, -0.2) is 51.4 Å². The molecule has 1 aliphatic heterocycles. The van der Waals surface area contributed by atoms with Gasteiger partial charge in [0.2, 0.25) is 0 Å². The predicted molar refractivity (Wildman–Crippen MR) is 85.3 cm³/mol. The number of imidazole rings is 1. The highest BCUT2D eigenvalue weighted by molar-refractivity contribution is 9.10. The summed E-state index contributed by atoms with van der Waals surface area (Å²) in [5.74, 6) is 0. The van der Waals surface area contributed by atoms with Crippen molar-refractivity contribution in [3.8, 4) is 6.01 Å². The van der Waals surface area contributed by atoms with E-state index < -0.39 is 10.0 Å². The molecule has 3 rings (SSSR count). The second-order valence-corrected chi connectivity index (χ2v) is 8.11. The Balaban J connectivity index is 1.71. The number of sulfonamides is 1. The standard InChI is InChI=1S/C13H16BrN5O3S/c1-18-8-12(17-9-18)23(20,21)19-4-2-3-11(7-19)22-13-15-5-10(14)6-16-13/h5-6,8-9,11H,2-4,7H2,1H3. The van der Waals surface area contributed by atoms with Crippen LogP contribution in [-0.2, 0) is 17.1 Å². The number of aryl methyl sites for hydroxylation is 1. The number of halogens is 1. The first-order valence-electron chi connectivity index (χ1n) is 7.07. The summed E-state index contributed by atoms with van der Waals surface area (Å²) < 4.78 is 34.7. The van der Waals surface area contributed by atoms with Crippen LogP contribution in [0.15, 0.2) is 34.4 Å². The zero-order valence-corrected chi connectivity index (χ0v) is 14.9. The highest BCUT2D eigenvalue weighted by Gasteiger charge is 2.32. The first-order valence-corrected chi connectivity index (χ1v) is 9.31. The van der Waals surface area contributed by atoms with E-state index in [9.17, 15) is 8.42 Å². The Morgan fingerprint density at radius 2 is 2.04 bits per heavy atom. The molecule has 1 aliphatic rings. The normalized spacial score (nSPS) is 19.7. The minimum atomic E-state index is -3.60. The van der Waals surface area contributed by atoms with Gasteiger partial charge < -0.3 is 9.30 Å². The molecule has 23 heavy (non-hydrogen) atoms. The summed E-state index contributed by atoms with van der Waals surface area (Å²) >= 11 is 3.26. The Bertz CT molecular complexity index is 777. The number of ether oxygens (including phenoxy) is 1. The van der Waals surface area contributed by atoms with Crippen LogP contribution in [0.1, 0.15) is 12.8 Å². The maximum Gasteiger partial charge on any atom is 0.316 e. The molecule has 0 N–H and O–H groups in total. The zero-order valence-electron chi connectivity index (χ0n) is 12.5. The first kappa shape index (κ1) is 16.3. The number of rotatable bonds is 4. The number of hydrogen-bond donors (Lipinski definition) is 0. The monoisotopic (exact) mass is 401 g/mol. The van der Waals surface area contributed by atoms with Gasteiger partial charge in [-0.25, -0.2) is 23.4 Å². The van der Waals surface area contributed by atoms with Crippen LogP contribution >= 0.6 is 15.9 Å². The molecule has 1 fully saturated rings. The molecule has 3 heterocycles. The maximum atomic E-state index is 12.6. The van der Waals surface area contributed by atoms with Crippen LogP contribution in [0.25, 0.3) is 0 Å². The molecule has 8 nitrogen and oxygen atoms in total. The Hall–Kier alpha value is -1.52. The predicted octanol–water partition coefficient (Wildman–Crippen LogP) is 1.20. The van der Waals surface area contributed by atoms with E-state index in [0.29, 0.717) is 13.0 Å². The van der Waals surface area contributed by atoms with Crippen molar-refractivity contribution in [2.75, 3.05) is 13.1 Å². The van der Waals surface area contributed by atoms with E-state index in [1.54, 1.807) is 24.0 Å². The minimum Gasteiger partial charge on any atom is -0.459 e. The Kier molecular flexibility index (Phi) is 4.64. The van der Waals surface area contributed by atoms with Crippen molar-refractivity contribution >= 4 is 26.0 Å². The van der Waals surface area contributed by atoms with Crippen LogP contribution in [0.3, 0.4) is 0 Å². The van der Waals surface area contributed by atoms with Gasteiger partial charge in [0.05, 0.1) is 17.3 Å². The molecule has 2 aromatic rings. The molecule has 1 saturated heterocycles.